The molecule has 0 bridgehead atoms. The number of sulfone groups is 1. The first-order valence-corrected chi connectivity index (χ1v) is 7.78. The topological polar surface area (TPSA) is 63.2 Å². The Morgan fingerprint density at radius 1 is 1.37 bits per heavy atom. The van der Waals surface area contributed by atoms with Gasteiger partial charge in [0.2, 0.25) is 5.91 Å². The predicted molar refractivity (Wildman–Crippen MR) is 71.0 cm³/mol. The first kappa shape index (κ1) is 15.6. The van der Waals surface area contributed by atoms with E-state index in [-0.39, 0.29) is 6.04 Å². The van der Waals surface area contributed by atoms with Crippen molar-refractivity contribution in [2.45, 2.75) is 37.6 Å². The lowest BCUT2D eigenvalue weighted by Crippen LogP contribution is -2.36. The summed E-state index contributed by atoms with van der Waals surface area (Å²) in [6.07, 6.45) is 1.66. The third-order valence-electron chi connectivity index (χ3n) is 2.62. The van der Waals surface area contributed by atoms with Crippen molar-refractivity contribution >= 4 is 15.7 Å². The average Bonchev–Trinajstić information content (AvgIpc) is 2.28. The van der Waals surface area contributed by atoms with Gasteiger partial charge in [-0.1, -0.05) is 25.5 Å². The van der Waals surface area contributed by atoms with Gasteiger partial charge in [0.05, 0.1) is 0 Å². The summed E-state index contributed by atoms with van der Waals surface area (Å²) in [6, 6.07) is 4.96. The lowest BCUT2D eigenvalue weighted by atomic mass is 10.2. The maximum Gasteiger partial charge on any atom is 0.235 e. The van der Waals surface area contributed by atoms with E-state index in [1.165, 1.54) is 12.1 Å². The molecule has 1 aromatic rings. The third-order valence-corrected chi connectivity index (χ3v) is 4.27. The minimum absolute atomic E-state index is 0.0895. The number of rotatable bonds is 6. The summed E-state index contributed by atoms with van der Waals surface area (Å²) in [5.41, 5.74) is 0. The third kappa shape index (κ3) is 4.63. The van der Waals surface area contributed by atoms with Crippen LogP contribution in [0.15, 0.2) is 29.2 Å². The molecule has 1 amide bonds. The smallest absolute Gasteiger partial charge is 0.235 e. The largest absolute Gasteiger partial charge is 0.353 e. The highest BCUT2D eigenvalue weighted by Crippen LogP contribution is 2.15. The fourth-order valence-electron chi connectivity index (χ4n) is 1.77. The molecule has 0 radical (unpaired) electrons. The second-order valence-corrected chi connectivity index (χ2v) is 6.40. The molecule has 1 unspecified atom stereocenters. The fourth-order valence-corrected chi connectivity index (χ4v) is 3.00. The molecule has 4 nitrogen and oxygen atoms in total. The standard InChI is InChI=1S/C13H18FNO3S/c1-3-6-10(2)15-13(16)9-19(17,18)12-8-5-4-7-11(12)14/h4-5,7-8,10H,3,6,9H2,1-2H3,(H,15,16). The van der Waals surface area contributed by atoms with Crippen LogP contribution in [0.1, 0.15) is 26.7 Å². The molecule has 0 saturated heterocycles. The number of carbonyl (C=O) groups is 1. The van der Waals surface area contributed by atoms with Crippen LogP contribution in [0.4, 0.5) is 4.39 Å². The maximum absolute atomic E-state index is 13.4. The number of nitrogens with one attached hydrogen (secondary N) is 1. The van der Waals surface area contributed by atoms with E-state index in [0.29, 0.717) is 0 Å². The first-order chi connectivity index (χ1) is 8.86. The molecule has 1 rings (SSSR count). The maximum atomic E-state index is 13.4. The lowest BCUT2D eigenvalue weighted by molar-refractivity contribution is -0.119. The zero-order valence-electron chi connectivity index (χ0n) is 11.0. The predicted octanol–water partition coefficient (Wildman–Crippen LogP) is 1.90. The van der Waals surface area contributed by atoms with Crippen LogP contribution < -0.4 is 5.32 Å². The van der Waals surface area contributed by atoms with Crippen molar-refractivity contribution in [3.63, 3.8) is 0 Å². The quantitative estimate of drug-likeness (QED) is 0.869. The zero-order valence-corrected chi connectivity index (χ0v) is 11.8. The molecule has 0 aliphatic heterocycles. The summed E-state index contributed by atoms with van der Waals surface area (Å²) in [7, 11) is -3.94. The van der Waals surface area contributed by atoms with Crippen molar-refractivity contribution in [2.24, 2.45) is 0 Å². The fraction of sp³-hybridized carbons (Fsp3) is 0.462. The highest BCUT2D eigenvalue weighted by atomic mass is 32.2. The van der Waals surface area contributed by atoms with E-state index in [1.54, 1.807) is 6.92 Å². The Bertz CT molecular complexity index is 543. The van der Waals surface area contributed by atoms with Gasteiger partial charge in [-0.25, -0.2) is 12.8 Å². The number of amides is 1. The average molecular weight is 287 g/mol. The monoisotopic (exact) mass is 287 g/mol. The molecular weight excluding hydrogens is 269 g/mol. The number of hydrogen-bond donors (Lipinski definition) is 1. The number of hydrogen-bond acceptors (Lipinski definition) is 3. The van der Waals surface area contributed by atoms with E-state index in [4.69, 9.17) is 0 Å². The van der Waals surface area contributed by atoms with Gasteiger partial charge in [0.15, 0.2) is 9.84 Å². The van der Waals surface area contributed by atoms with Gasteiger partial charge in [-0.15, -0.1) is 0 Å². The van der Waals surface area contributed by atoms with E-state index in [2.05, 4.69) is 5.32 Å². The minimum atomic E-state index is -3.94. The molecule has 0 fully saturated rings. The molecule has 0 aliphatic rings. The molecule has 1 atom stereocenters. The Kier molecular flexibility index (Phi) is 5.47. The molecule has 1 aromatic carbocycles. The van der Waals surface area contributed by atoms with Gasteiger partial charge in [-0.3, -0.25) is 4.79 Å². The van der Waals surface area contributed by atoms with Gasteiger partial charge in [0.1, 0.15) is 16.5 Å². The van der Waals surface area contributed by atoms with Crippen LogP contribution in [-0.2, 0) is 14.6 Å². The van der Waals surface area contributed by atoms with E-state index >= 15 is 0 Å². The molecule has 0 spiro atoms. The van der Waals surface area contributed by atoms with E-state index < -0.39 is 32.2 Å². The van der Waals surface area contributed by atoms with E-state index in [1.807, 2.05) is 6.92 Å². The van der Waals surface area contributed by atoms with Crippen LogP contribution in [0.25, 0.3) is 0 Å². The van der Waals surface area contributed by atoms with Crippen LogP contribution in [0, 0.1) is 5.82 Å². The molecule has 0 saturated carbocycles. The summed E-state index contributed by atoms with van der Waals surface area (Å²) in [5, 5.41) is 2.59. The van der Waals surface area contributed by atoms with Gasteiger partial charge in [-0.05, 0) is 25.5 Å². The Labute approximate surface area is 112 Å². The summed E-state index contributed by atoms with van der Waals surface area (Å²) >= 11 is 0. The Balaban J connectivity index is 2.76. The molecule has 0 aromatic heterocycles. The summed E-state index contributed by atoms with van der Waals surface area (Å²) in [4.78, 5) is 11.2. The van der Waals surface area contributed by atoms with Crippen molar-refractivity contribution < 1.29 is 17.6 Å². The van der Waals surface area contributed by atoms with Crippen molar-refractivity contribution in [3.05, 3.63) is 30.1 Å². The molecule has 19 heavy (non-hydrogen) atoms. The van der Waals surface area contributed by atoms with Gasteiger partial charge in [0.25, 0.3) is 0 Å². The van der Waals surface area contributed by atoms with Gasteiger partial charge < -0.3 is 5.32 Å². The summed E-state index contributed by atoms with van der Waals surface area (Å²) < 4.78 is 37.2. The lowest BCUT2D eigenvalue weighted by Gasteiger charge is -2.13. The zero-order chi connectivity index (χ0) is 14.5. The summed E-state index contributed by atoms with van der Waals surface area (Å²) in [5.74, 6) is -2.18. The molecule has 106 valence electrons. The van der Waals surface area contributed by atoms with Crippen molar-refractivity contribution in [1.82, 2.24) is 5.32 Å². The van der Waals surface area contributed by atoms with Crippen molar-refractivity contribution in [2.75, 3.05) is 5.75 Å². The highest BCUT2D eigenvalue weighted by Gasteiger charge is 2.23. The Morgan fingerprint density at radius 2 is 2.00 bits per heavy atom. The molecule has 1 N–H and O–H groups in total. The van der Waals surface area contributed by atoms with E-state index in [9.17, 15) is 17.6 Å². The molecule has 6 heteroatoms. The number of halogens is 1. The molecule has 0 heterocycles. The Hall–Kier alpha value is -1.43. The minimum Gasteiger partial charge on any atom is -0.353 e. The number of carbonyl (C=O) groups excluding carboxylic acids is 1. The SMILES string of the molecule is CCCC(C)NC(=O)CS(=O)(=O)c1ccccc1F. The second kappa shape index (κ2) is 6.65. The molecular formula is C13H18FNO3S. The molecule has 0 aliphatic carbocycles. The van der Waals surface area contributed by atoms with Crippen molar-refractivity contribution in [1.29, 1.82) is 0 Å². The first-order valence-electron chi connectivity index (χ1n) is 6.13. The van der Waals surface area contributed by atoms with Gasteiger partial charge in [-0.2, -0.15) is 0 Å². The van der Waals surface area contributed by atoms with Crippen LogP contribution >= 0.6 is 0 Å². The van der Waals surface area contributed by atoms with Crippen LogP contribution in [0.2, 0.25) is 0 Å². The Morgan fingerprint density at radius 3 is 2.58 bits per heavy atom. The van der Waals surface area contributed by atoms with Crippen LogP contribution in [-0.4, -0.2) is 26.1 Å². The normalized spacial score (nSPS) is 13.0. The van der Waals surface area contributed by atoms with Crippen LogP contribution in [0.3, 0.4) is 0 Å². The number of benzene rings is 1. The second-order valence-electron chi connectivity index (χ2n) is 4.45. The van der Waals surface area contributed by atoms with Crippen LogP contribution in [0.5, 0.6) is 0 Å². The van der Waals surface area contributed by atoms with Gasteiger partial charge >= 0.3 is 0 Å². The highest BCUT2D eigenvalue weighted by molar-refractivity contribution is 7.92. The summed E-state index contributed by atoms with van der Waals surface area (Å²) in [6.45, 7) is 3.77. The van der Waals surface area contributed by atoms with Crippen molar-refractivity contribution in [3.8, 4) is 0 Å². The van der Waals surface area contributed by atoms with E-state index in [0.717, 1.165) is 25.0 Å². The van der Waals surface area contributed by atoms with Gasteiger partial charge in [0, 0.05) is 6.04 Å².